The van der Waals surface area contributed by atoms with Gasteiger partial charge in [-0.25, -0.2) is 18.6 Å². The van der Waals surface area contributed by atoms with Gasteiger partial charge in [0.05, 0.1) is 11.3 Å². The molecule has 0 aliphatic carbocycles. The number of carboxylic acid groups (broad SMARTS) is 1. The van der Waals surface area contributed by atoms with Crippen LogP contribution in [-0.2, 0) is 0 Å². The Balaban J connectivity index is 2.13. The molecule has 2 heterocycles. The summed E-state index contributed by atoms with van der Waals surface area (Å²) < 4.78 is 43.7. The Bertz CT molecular complexity index is 1380. The molecule has 0 unspecified atom stereocenters. The van der Waals surface area contributed by atoms with E-state index in [4.69, 9.17) is 0 Å². The Morgan fingerprint density at radius 1 is 1.00 bits per heavy atom. The molecule has 2 aromatic heterocycles. The third kappa shape index (κ3) is 3.10. The van der Waals surface area contributed by atoms with Gasteiger partial charge in [0.15, 0.2) is 5.65 Å². The highest BCUT2D eigenvalue weighted by molar-refractivity contribution is 5.95. The van der Waals surface area contributed by atoms with Crippen LogP contribution in [-0.4, -0.2) is 25.6 Å². The van der Waals surface area contributed by atoms with Crippen LogP contribution in [0.5, 0.6) is 0 Å². The van der Waals surface area contributed by atoms with Gasteiger partial charge in [0.2, 0.25) is 0 Å². The van der Waals surface area contributed by atoms with E-state index in [1.54, 1.807) is 6.92 Å². The second-order valence-electron chi connectivity index (χ2n) is 6.49. The summed E-state index contributed by atoms with van der Waals surface area (Å²) in [5.74, 6) is -3.26. The molecule has 150 valence electrons. The number of nitrogens with zero attached hydrogens (tertiary/aromatic N) is 3. The molecule has 0 saturated heterocycles. The molecule has 0 atom stereocenters. The molecule has 4 rings (SSSR count). The van der Waals surface area contributed by atoms with E-state index in [9.17, 15) is 27.9 Å². The summed E-state index contributed by atoms with van der Waals surface area (Å²) in [7, 11) is 0. The molecule has 9 heteroatoms. The van der Waals surface area contributed by atoms with Crippen molar-refractivity contribution in [3.8, 4) is 16.9 Å². The number of carbonyl (C=O) groups is 1. The van der Waals surface area contributed by atoms with E-state index in [2.05, 4.69) is 9.97 Å². The van der Waals surface area contributed by atoms with Crippen LogP contribution in [0.15, 0.2) is 53.3 Å². The van der Waals surface area contributed by atoms with Crippen LogP contribution >= 0.6 is 0 Å². The smallest absolute Gasteiger partial charge is 0.335 e. The minimum Gasteiger partial charge on any atom is -0.478 e. The number of para-hydroxylation sites is 1. The molecule has 2 aromatic carbocycles. The summed E-state index contributed by atoms with van der Waals surface area (Å²) in [4.78, 5) is 31.2. The quantitative estimate of drug-likeness (QED) is 0.518. The number of carboxylic acids is 1. The Morgan fingerprint density at radius 2 is 1.70 bits per heavy atom. The van der Waals surface area contributed by atoms with E-state index in [0.29, 0.717) is 10.1 Å². The van der Waals surface area contributed by atoms with Gasteiger partial charge in [-0.15, -0.1) is 0 Å². The molecular weight excluding hydrogens is 399 g/mol. The van der Waals surface area contributed by atoms with E-state index in [-0.39, 0.29) is 27.9 Å². The van der Waals surface area contributed by atoms with Crippen molar-refractivity contribution in [1.29, 1.82) is 0 Å². The molecule has 0 radical (unpaired) electrons. The average Bonchev–Trinajstić information content (AvgIpc) is 2.69. The van der Waals surface area contributed by atoms with Gasteiger partial charge < -0.3 is 5.11 Å². The zero-order chi connectivity index (χ0) is 21.6. The van der Waals surface area contributed by atoms with Gasteiger partial charge in [0.25, 0.3) is 5.56 Å². The first-order valence-electron chi connectivity index (χ1n) is 8.66. The summed E-state index contributed by atoms with van der Waals surface area (Å²) in [6.45, 7) is 1.67. The monoisotopic (exact) mass is 411 g/mol. The molecule has 0 aliphatic heterocycles. The highest BCUT2D eigenvalue weighted by Gasteiger charge is 2.20. The van der Waals surface area contributed by atoms with Crippen LogP contribution in [0, 0.1) is 24.6 Å². The molecule has 0 saturated carbocycles. The molecule has 0 bridgehead atoms. The maximum atomic E-state index is 14.4. The largest absolute Gasteiger partial charge is 0.478 e. The second-order valence-corrected chi connectivity index (χ2v) is 6.49. The van der Waals surface area contributed by atoms with Crippen LogP contribution in [0.25, 0.3) is 28.0 Å². The number of aryl methyl sites for hydroxylation is 1. The number of pyridine rings is 1. The van der Waals surface area contributed by atoms with Crippen LogP contribution in [0.3, 0.4) is 0 Å². The number of benzene rings is 2. The maximum absolute atomic E-state index is 14.4. The van der Waals surface area contributed by atoms with Crippen LogP contribution < -0.4 is 5.56 Å². The van der Waals surface area contributed by atoms with E-state index in [1.165, 1.54) is 24.3 Å². The van der Waals surface area contributed by atoms with E-state index in [0.717, 1.165) is 24.3 Å². The maximum Gasteiger partial charge on any atom is 0.335 e. The predicted octanol–water partition coefficient (Wildman–Crippen LogP) is 3.87. The lowest BCUT2D eigenvalue weighted by molar-refractivity contribution is 0.0697. The first-order chi connectivity index (χ1) is 14.3. The van der Waals surface area contributed by atoms with Gasteiger partial charge in [-0.1, -0.05) is 12.1 Å². The Morgan fingerprint density at radius 3 is 2.37 bits per heavy atom. The summed E-state index contributed by atoms with van der Waals surface area (Å²) in [6.07, 6.45) is -1.24. The fourth-order valence-corrected chi connectivity index (χ4v) is 3.22. The first kappa shape index (κ1) is 19.3. The van der Waals surface area contributed by atoms with Crippen molar-refractivity contribution in [1.82, 2.24) is 14.5 Å². The molecule has 0 spiro atoms. The fraction of sp³-hybridized carbons (Fsp3) is 0.0476. The SMILES string of the molecule is Cc1ccc(C(=O)O)cc1-c1nc(F)nc2c1ccc(=O)n2-c1c(F)cccc1F. The van der Waals surface area contributed by atoms with E-state index >= 15 is 0 Å². The Labute approximate surface area is 166 Å². The number of hydrogen-bond donors (Lipinski definition) is 1. The van der Waals surface area contributed by atoms with Crippen molar-refractivity contribution in [2.24, 2.45) is 0 Å². The van der Waals surface area contributed by atoms with Gasteiger partial charge in [0, 0.05) is 17.0 Å². The van der Waals surface area contributed by atoms with Gasteiger partial charge >= 0.3 is 12.0 Å². The van der Waals surface area contributed by atoms with Gasteiger partial charge in [-0.3, -0.25) is 9.36 Å². The van der Waals surface area contributed by atoms with Gasteiger partial charge in [-0.05, 0) is 42.8 Å². The van der Waals surface area contributed by atoms with Gasteiger partial charge in [0.1, 0.15) is 17.3 Å². The number of hydrogen-bond acceptors (Lipinski definition) is 4. The minimum atomic E-state index is -1.24. The molecule has 0 aliphatic rings. The summed E-state index contributed by atoms with van der Waals surface area (Å²) in [5.41, 5.74) is -1.09. The molecular formula is C21H12F3N3O3. The number of rotatable bonds is 3. The molecule has 4 aromatic rings. The first-order valence-corrected chi connectivity index (χ1v) is 8.66. The zero-order valence-corrected chi connectivity index (χ0v) is 15.4. The van der Waals surface area contributed by atoms with Crippen molar-refractivity contribution in [3.63, 3.8) is 0 Å². The summed E-state index contributed by atoms with van der Waals surface area (Å²) in [6, 6.07) is 9.61. The number of halogens is 3. The highest BCUT2D eigenvalue weighted by atomic mass is 19.1. The highest BCUT2D eigenvalue weighted by Crippen LogP contribution is 2.30. The van der Waals surface area contributed by atoms with Crippen molar-refractivity contribution >= 4 is 17.0 Å². The normalized spacial score (nSPS) is 11.1. The molecule has 6 nitrogen and oxygen atoms in total. The standard InChI is InChI=1S/C21H12F3N3O3/c1-10-5-6-11(20(29)30)9-13(10)17-12-7-8-16(28)27(19(12)26-21(24)25-17)18-14(22)3-2-4-15(18)23/h2-9H,1H3,(H,29,30). The lowest BCUT2D eigenvalue weighted by Gasteiger charge is -2.14. The van der Waals surface area contributed by atoms with E-state index < -0.39 is 34.9 Å². The van der Waals surface area contributed by atoms with Crippen molar-refractivity contribution in [3.05, 3.63) is 87.7 Å². The third-order valence-corrected chi connectivity index (χ3v) is 4.62. The van der Waals surface area contributed by atoms with E-state index in [1.807, 2.05) is 0 Å². The van der Waals surface area contributed by atoms with Crippen molar-refractivity contribution in [2.75, 3.05) is 0 Å². The predicted molar refractivity (Wildman–Crippen MR) is 102 cm³/mol. The molecule has 1 N–H and O–H groups in total. The topological polar surface area (TPSA) is 85.1 Å². The van der Waals surface area contributed by atoms with Crippen LogP contribution in [0.1, 0.15) is 15.9 Å². The van der Waals surface area contributed by atoms with Crippen LogP contribution in [0.2, 0.25) is 0 Å². The summed E-state index contributed by atoms with van der Waals surface area (Å²) >= 11 is 0. The number of aromatic carboxylic acids is 1. The Hall–Kier alpha value is -4.01. The number of fused-ring (bicyclic) bond motifs is 1. The lowest BCUT2D eigenvalue weighted by Crippen LogP contribution is -2.21. The number of aromatic nitrogens is 3. The second kappa shape index (κ2) is 7.11. The lowest BCUT2D eigenvalue weighted by atomic mass is 10.00. The zero-order valence-electron chi connectivity index (χ0n) is 15.4. The molecule has 30 heavy (non-hydrogen) atoms. The van der Waals surface area contributed by atoms with Crippen molar-refractivity contribution in [2.45, 2.75) is 6.92 Å². The summed E-state index contributed by atoms with van der Waals surface area (Å²) in [5, 5.41) is 9.38. The van der Waals surface area contributed by atoms with Gasteiger partial charge in [-0.2, -0.15) is 9.37 Å². The molecule has 0 amide bonds. The Kier molecular flexibility index (Phi) is 4.57. The third-order valence-electron chi connectivity index (χ3n) is 4.62. The van der Waals surface area contributed by atoms with Crippen molar-refractivity contribution < 1.29 is 23.1 Å². The average molecular weight is 411 g/mol. The van der Waals surface area contributed by atoms with Crippen LogP contribution in [0.4, 0.5) is 13.2 Å². The minimum absolute atomic E-state index is 0.0106. The fourth-order valence-electron chi connectivity index (χ4n) is 3.22. The molecule has 0 fully saturated rings.